The number of aromatic nitrogens is 1. The number of hydrogen-bond acceptors (Lipinski definition) is 3. The molecule has 20 heavy (non-hydrogen) atoms. The van der Waals surface area contributed by atoms with Crippen molar-refractivity contribution >= 4 is 27.3 Å². The van der Waals surface area contributed by atoms with Gasteiger partial charge in [-0.15, -0.1) is 11.3 Å². The van der Waals surface area contributed by atoms with Crippen LogP contribution in [0.2, 0.25) is 0 Å². The number of nitrogens with zero attached hydrogens (tertiary/aromatic N) is 1. The number of hydrogen-bond donors (Lipinski definition) is 1. The van der Waals surface area contributed by atoms with E-state index in [1.165, 1.54) is 23.1 Å². The maximum Gasteiger partial charge on any atom is 0.129 e. The van der Waals surface area contributed by atoms with Gasteiger partial charge in [-0.2, -0.15) is 0 Å². The Morgan fingerprint density at radius 1 is 1.45 bits per heavy atom. The Balaban J connectivity index is 1.99. The molecule has 0 spiro atoms. The van der Waals surface area contributed by atoms with Gasteiger partial charge in [0.2, 0.25) is 0 Å². The standard InChI is InChI=1S/C15H16BrFN2S/c1-2-18-14(10-7-6-9(16)8-11(10)17)15-19-12-4-3-5-13(12)20-15/h6-8,14,18H,2-5H2,1H3. The van der Waals surface area contributed by atoms with Crippen LogP contribution in [-0.4, -0.2) is 11.5 Å². The van der Waals surface area contributed by atoms with Gasteiger partial charge in [0.15, 0.2) is 0 Å². The van der Waals surface area contributed by atoms with Gasteiger partial charge < -0.3 is 5.32 Å². The molecule has 0 aliphatic heterocycles. The van der Waals surface area contributed by atoms with E-state index >= 15 is 0 Å². The van der Waals surface area contributed by atoms with E-state index in [0.29, 0.717) is 5.56 Å². The minimum absolute atomic E-state index is 0.149. The number of aryl methyl sites for hydroxylation is 2. The maximum atomic E-state index is 14.2. The van der Waals surface area contributed by atoms with Crippen molar-refractivity contribution in [3.63, 3.8) is 0 Å². The van der Waals surface area contributed by atoms with Crippen LogP contribution in [0.4, 0.5) is 4.39 Å². The second-order valence-corrected chi connectivity index (χ2v) is 6.96. The molecule has 2 nitrogen and oxygen atoms in total. The van der Waals surface area contributed by atoms with Crippen LogP contribution < -0.4 is 5.32 Å². The fraction of sp³-hybridized carbons (Fsp3) is 0.400. The summed E-state index contributed by atoms with van der Waals surface area (Å²) in [4.78, 5) is 6.10. The first-order valence-corrected chi connectivity index (χ1v) is 8.46. The molecule has 5 heteroatoms. The van der Waals surface area contributed by atoms with Crippen molar-refractivity contribution in [3.05, 3.63) is 49.6 Å². The lowest BCUT2D eigenvalue weighted by Gasteiger charge is -2.17. The summed E-state index contributed by atoms with van der Waals surface area (Å²) in [6.45, 7) is 2.81. The Morgan fingerprint density at radius 2 is 2.30 bits per heavy atom. The zero-order valence-electron chi connectivity index (χ0n) is 11.2. The van der Waals surface area contributed by atoms with E-state index in [4.69, 9.17) is 4.98 Å². The van der Waals surface area contributed by atoms with Crippen LogP contribution in [-0.2, 0) is 12.8 Å². The van der Waals surface area contributed by atoms with Gasteiger partial charge in [0.05, 0.1) is 11.7 Å². The summed E-state index contributed by atoms with van der Waals surface area (Å²) in [7, 11) is 0. The predicted octanol–water partition coefficient (Wildman–Crippen LogP) is 4.23. The van der Waals surface area contributed by atoms with Crippen molar-refractivity contribution in [3.8, 4) is 0 Å². The third kappa shape index (κ3) is 2.67. The minimum Gasteiger partial charge on any atom is -0.304 e. The predicted molar refractivity (Wildman–Crippen MR) is 83.8 cm³/mol. The zero-order valence-corrected chi connectivity index (χ0v) is 13.7. The van der Waals surface area contributed by atoms with Gasteiger partial charge in [-0.05, 0) is 37.9 Å². The fourth-order valence-corrected chi connectivity index (χ4v) is 4.19. The fourth-order valence-electron chi connectivity index (χ4n) is 2.60. The lowest BCUT2D eigenvalue weighted by atomic mass is 10.1. The first-order valence-electron chi connectivity index (χ1n) is 6.86. The highest BCUT2D eigenvalue weighted by molar-refractivity contribution is 9.10. The highest BCUT2D eigenvalue weighted by atomic mass is 79.9. The lowest BCUT2D eigenvalue weighted by molar-refractivity contribution is 0.556. The van der Waals surface area contributed by atoms with Crippen LogP contribution in [0.5, 0.6) is 0 Å². The molecule has 1 aliphatic rings. The van der Waals surface area contributed by atoms with Gasteiger partial charge in [0.25, 0.3) is 0 Å². The van der Waals surface area contributed by atoms with Gasteiger partial charge >= 0.3 is 0 Å². The Kier molecular flexibility index (Phi) is 4.19. The van der Waals surface area contributed by atoms with E-state index in [0.717, 1.165) is 28.9 Å². The molecule has 0 bridgehead atoms. The number of fused-ring (bicyclic) bond motifs is 1. The smallest absolute Gasteiger partial charge is 0.129 e. The molecule has 1 atom stereocenters. The van der Waals surface area contributed by atoms with Gasteiger partial charge in [0.1, 0.15) is 10.8 Å². The topological polar surface area (TPSA) is 24.9 Å². The third-order valence-corrected chi connectivity index (χ3v) is 5.26. The summed E-state index contributed by atoms with van der Waals surface area (Å²) in [5.74, 6) is -0.194. The molecule has 1 N–H and O–H groups in total. The average Bonchev–Trinajstić information content (AvgIpc) is 2.97. The second-order valence-electron chi connectivity index (χ2n) is 4.93. The third-order valence-electron chi connectivity index (χ3n) is 3.54. The summed E-state index contributed by atoms with van der Waals surface area (Å²) in [6.07, 6.45) is 3.38. The van der Waals surface area contributed by atoms with E-state index in [9.17, 15) is 4.39 Å². The first kappa shape index (κ1) is 14.2. The Bertz CT molecular complexity index is 605. The van der Waals surface area contributed by atoms with Crippen LogP contribution >= 0.6 is 27.3 Å². The van der Waals surface area contributed by atoms with E-state index in [2.05, 4.69) is 21.2 Å². The lowest BCUT2D eigenvalue weighted by Crippen LogP contribution is -2.23. The van der Waals surface area contributed by atoms with Gasteiger partial charge in [0, 0.05) is 14.9 Å². The average molecular weight is 355 g/mol. The monoisotopic (exact) mass is 354 g/mol. The highest BCUT2D eigenvalue weighted by Crippen LogP contribution is 2.34. The molecule has 1 aliphatic carbocycles. The Morgan fingerprint density at radius 3 is 3.00 bits per heavy atom. The van der Waals surface area contributed by atoms with Crippen LogP contribution in [0.1, 0.15) is 40.5 Å². The SMILES string of the molecule is CCNC(c1nc2c(s1)CCC2)c1ccc(Br)cc1F. The van der Waals surface area contributed by atoms with Crippen LogP contribution in [0, 0.1) is 5.82 Å². The summed E-state index contributed by atoms with van der Waals surface area (Å²) < 4.78 is 15.0. The van der Waals surface area contributed by atoms with E-state index < -0.39 is 0 Å². The second kappa shape index (κ2) is 5.92. The minimum atomic E-state index is -0.194. The van der Waals surface area contributed by atoms with Crippen molar-refractivity contribution in [1.29, 1.82) is 0 Å². The number of nitrogens with one attached hydrogen (secondary N) is 1. The molecule has 0 fully saturated rings. The van der Waals surface area contributed by atoms with Crippen molar-refractivity contribution < 1.29 is 4.39 Å². The highest BCUT2D eigenvalue weighted by Gasteiger charge is 2.24. The molecule has 1 aromatic heterocycles. The largest absolute Gasteiger partial charge is 0.304 e. The van der Waals surface area contributed by atoms with E-state index in [-0.39, 0.29) is 11.9 Å². The molecule has 1 aromatic carbocycles. The molecule has 0 saturated heterocycles. The molecule has 0 saturated carbocycles. The summed E-state index contributed by atoms with van der Waals surface area (Å²) >= 11 is 5.03. The van der Waals surface area contributed by atoms with Crippen LogP contribution in [0.15, 0.2) is 22.7 Å². The maximum absolute atomic E-state index is 14.2. The number of rotatable bonds is 4. The molecule has 2 aromatic rings. The molecule has 0 radical (unpaired) electrons. The molecule has 106 valence electrons. The van der Waals surface area contributed by atoms with E-state index in [1.807, 2.05) is 19.1 Å². The summed E-state index contributed by atoms with van der Waals surface area (Å²) in [6, 6.07) is 5.08. The molecular formula is C15H16BrFN2S. The zero-order chi connectivity index (χ0) is 14.1. The first-order chi connectivity index (χ1) is 9.69. The Hall–Kier alpha value is -0.780. The Labute approximate surface area is 130 Å². The van der Waals surface area contributed by atoms with Crippen LogP contribution in [0.3, 0.4) is 0 Å². The number of benzene rings is 1. The molecule has 3 rings (SSSR count). The quantitative estimate of drug-likeness (QED) is 0.888. The normalized spacial score (nSPS) is 15.3. The van der Waals surface area contributed by atoms with Crippen molar-refractivity contribution in [1.82, 2.24) is 10.3 Å². The number of halogens is 2. The van der Waals surface area contributed by atoms with Gasteiger partial charge in [-0.25, -0.2) is 9.37 Å². The summed E-state index contributed by atoms with van der Waals surface area (Å²) in [5.41, 5.74) is 1.88. The van der Waals surface area contributed by atoms with Crippen LogP contribution in [0.25, 0.3) is 0 Å². The molecule has 1 heterocycles. The van der Waals surface area contributed by atoms with Gasteiger partial charge in [-0.1, -0.05) is 28.9 Å². The molecule has 0 amide bonds. The van der Waals surface area contributed by atoms with Crippen molar-refractivity contribution in [2.45, 2.75) is 32.2 Å². The number of thiazole rings is 1. The summed E-state index contributed by atoms with van der Waals surface area (Å²) in [5, 5.41) is 4.34. The van der Waals surface area contributed by atoms with Crippen molar-refractivity contribution in [2.24, 2.45) is 0 Å². The molecule has 1 unspecified atom stereocenters. The van der Waals surface area contributed by atoms with E-state index in [1.54, 1.807) is 11.3 Å². The molecular weight excluding hydrogens is 339 g/mol. The van der Waals surface area contributed by atoms with Crippen molar-refractivity contribution in [2.75, 3.05) is 6.54 Å². The van der Waals surface area contributed by atoms with Gasteiger partial charge in [-0.3, -0.25) is 0 Å².